The number of methoxy groups -OCH3 is 1. The van der Waals surface area contributed by atoms with Crippen molar-refractivity contribution in [3.05, 3.63) is 23.5 Å². The summed E-state index contributed by atoms with van der Waals surface area (Å²) < 4.78 is 44.9. The standard InChI is InChI=1S/C13H19FN2O4S/c1-7(2)12(13(17)20-4)16-21(18,19)9-5-8(3)11(14)10(15)6-9/h5-7,12,16H,15H2,1-4H3. The molecule has 0 saturated heterocycles. The van der Waals surface area contributed by atoms with Crippen LogP contribution in [0.25, 0.3) is 0 Å². The van der Waals surface area contributed by atoms with E-state index in [0.717, 1.165) is 12.1 Å². The third-order valence-electron chi connectivity index (χ3n) is 2.97. The van der Waals surface area contributed by atoms with Crippen molar-refractivity contribution in [3.8, 4) is 0 Å². The second-order valence-electron chi connectivity index (χ2n) is 5.01. The van der Waals surface area contributed by atoms with E-state index in [4.69, 9.17) is 5.73 Å². The Morgan fingerprint density at radius 3 is 2.38 bits per heavy atom. The average Bonchev–Trinajstić information content (AvgIpc) is 2.40. The molecule has 1 aromatic carbocycles. The van der Waals surface area contributed by atoms with Gasteiger partial charge in [0, 0.05) is 0 Å². The number of sulfonamides is 1. The Morgan fingerprint density at radius 1 is 1.38 bits per heavy atom. The minimum absolute atomic E-state index is 0.106. The molecule has 0 radical (unpaired) electrons. The van der Waals surface area contributed by atoms with Gasteiger partial charge in [0.2, 0.25) is 10.0 Å². The zero-order valence-corrected chi connectivity index (χ0v) is 13.1. The van der Waals surface area contributed by atoms with Gasteiger partial charge in [-0.3, -0.25) is 4.79 Å². The first kappa shape index (κ1) is 17.4. The zero-order chi connectivity index (χ0) is 16.4. The first-order valence-electron chi connectivity index (χ1n) is 6.26. The Bertz CT molecular complexity index is 621. The van der Waals surface area contributed by atoms with Crippen molar-refractivity contribution < 1.29 is 22.3 Å². The monoisotopic (exact) mass is 318 g/mol. The van der Waals surface area contributed by atoms with Gasteiger partial charge in [0.15, 0.2) is 0 Å². The summed E-state index contributed by atoms with van der Waals surface area (Å²) in [7, 11) is -2.85. The molecule has 0 aliphatic heterocycles. The molecular formula is C13H19FN2O4S. The van der Waals surface area contributed by atoms with Crippen LogP contribution in [0.2, 0.25) is 0 Å². The van der Waals surface area contributed by atoms with Crippen molar-refractivity contribution >= 4 is 21.7 Å². The van der Waals surface area contributed by atoms with Crippen LogP contribution in [0.4, 0.5) is 10.1 Å². The third kappa shape index (κ3) is 3.92. The van der Waals surface area contributed by atoms with Crippen molar-refractivity contribution in [2.45, 2.75) is 31.7 Å². The maximum atomic E-state index is 13.5. The van der Waals surface area contributed by atoms with Gasteiger partial charge in [0.05, 0.1) is 17.7 Å². The number of aryl methyl sites for hydroxylation is 1. The number of hydrogen-bond acceptors (Lipinski definition) is 5. The van der Waals surface area contributed by atoms with Crippen molar-refractivity contribution in [2.75, 3.05) is 12.8 Å². The van der Waals surface area contributed by atoms with Crippen LogP contribution in [0.5, 0.6) is 0 Å². The van der Waals surface area contributed by atoms with E-state index in [9.17, 15) is 17.6 Å². The minimum Gasteiger partial charge on any atom is -0.468 e. The smallest absolute Gasteiger partial charge is 0.324 e. The summed E-state index contributed by atoms with van der Waals surface area (Å²) in [4.78, 5) is 11.4. The number of nitrogen functional groups attached to an aromatic ring is 1. The summed E-state index contributed by atoms with van der Waals surface area (Å²) in [6.45, 7) is 4.76. The molecule has 0 aromatic heterocycles. The number of carbonyl (C=O) groups excluding carboxylic acids is 1. The average molecular weight is 318 g/mol. The van der Waals surface area contributed by atoms with Crippen LogP contribution >= 0.6 is 0 Å². The van der Waals surface area contributed by atoms with Gasteiger partial charge >= 0.3 is 5.97 Å². The normalized spacial score (nSPS) is 13.2. The maximum Gasteiger partial charge on any atom is 0.324 e. The van der Waals surface area contributed by atoms with E-state index in [0.29, 0.717) is 0 Å². The molecule has 0 aliphatic carbocycles. The predicted molar refractivity (Wildman–Crippen MR) is 76.5 cm³/mol. The number of ether oxygens (including phenoxy) is 1. The summed E-state index contributed by atoms with van der Waals surface area (Å²) in [5.74, 6) is -1.67. The first-order valence-corrected chi connectivity index (χ1v) is 7.74. The Hall–Kier alpha value is -1.67. The molecule has 1 rings (SSSR count). The lowest BCUT2D eigenvalue weighted by molar-refractivity contribution is -0.143. The molecule has 118 valence electrons. The van der Waals surface area contributed by atoms with Gasteiger partial charge in [-0.05, 0) is 30.5 Å². The molecule has 6 nitrogen and oxygen atoms in total. The highest BCUT2D eigenvalue weighted by molar-refractivity contribution is 7.89. The van der Waals surface area contributed by atoms with Crippen molar-refractivity contribution in [1.82, 2.24) is 4.72 Å². The van der Waals surface area contributed by atoms with E-state index in [1.54, 1.807) is 13.8 Å². The van der Waals surface area contributed by atoms with E-state index in [1.807, 2.05) is 0 Å². The first-order chi connectivity index (χ1) is 9.60. The SMILES string of the molecule is COC(=O)C(NS(=O)(=O)c1cc(C)c(F)c(N)c1)C(C)C. The van der Waals surface area contributed by atoms with Gasteiger partial charge in [0.1, 0.15) is 11.9 Å². The lowest BCUT2D eigenvalue weighted by Gasteiger charge is -2.20. The number of halogens is 1. The Morgan fingerprint density at radius 2 is 1.95 bits per heavy atom. The molecule has 0 aliphatic rings. The van der Waals surface area contributed by atoms with Crippen molar-refractivity contribution in [2.24, 2.45) is 5.92 Å². The predicted octanol–water partition coefficient (Wildman–Crippen LogP) is 1.19. The molecule has 1 unspecified atom stereocenters. The number of rotatable bonds is 5. The highest BCUT2D eigenvalue weighted by atomic mass is 32.2. The maximum absolute atomic E-state index is 13.5. The van der Waals surface area contributed by atoms with E-state index in [1.165, 1.54) is 14.0 Å². The Kier molecular flexibility index (Phi) is 5.30. The van der Waals surface area contributed by atoms with E-state index in [2.05, 4.69) is 9.46 Å². The summed E-state index contributed by atoms with van der Waals surface area (Å²) in [5.41, 5.74) is 5.27. The Labute approximate surface area is 123 Å². The fraction of sp³-hybridized carbons (Fsp3) is 0.462. The Balaban J connectivity index is 3.19. The lowest BCUT2D eigenvalue weighted by Crippen LogP contribution is -2.44. The molecule has 0 fully saturated rings. The summed E-state index contributed by atoms with van der Waals surface area (Å²) in [6, 6.07) is 1.13. The molecule has 0 spiro atoms. The van der Waals surface area contributed by atoms with Crippen LogP contribution in [0.3, 0.4) is 0 Å². The van der Waals surface area contributed by atoms with Gasteiger partial charge in [0.25, 0.3) is 0 Å². The molecule has 0 saturated carbocycles. The van der Waals surface area contributed by atoms with Crippen molar-refractivity contribution in [1.29, 1.82) is 0 Å². The quantitative estimate of drug-likeness (QED) is 0.628. The molecule has 8 heteroatoms. The van der Waals surface area contributed by atoms with Crippen molar-refractivity contribution in [3.63, 3.8) is 0 Å². The zero-order valence-electron chi connectivity index (χ0n) is 12.3. The van der Waals surface area contributed by atoms with Crippen LogP contribution in [0, 0.1) is 18.7 Å². The fourth-order valence-corrected chi connectivity index (χ4v) is 3.19. The van der Waals surface area contributed by atoms with Crippen LogP contribution in [-0.2, 0) is 19.6 Å². The highest BCUT2D eigenvalue weighted by Gasteiger charge is 2.29. The summed E-state index contributed by atoms with van der Waals surface area (Å²) >= 11 is 0. The number of benzene rings is 1. The highest BCUT2D eigenvalue weighted by Crippen LogP contribution is 2.21. The van der Waals surface area contributed by atoms with Crippen LogP contribution in [0.15, 0.2) is 17.0 Å². The molecule has 1 aromatic rings. The van der Waals surface area contributed by atoms with Gasteiger partial charge in [-0.2, -0.15) is 4.72 Å². The fourth-order valence-electron chi connectivity index (χ4n) is 1.74. The molecule has 0 heterocycles. The molecule has 1 atom stereocenters. The second kappa shape index (κ2) is 6.40. The van der Waals surface area contributed by atoms with Gasteiger partial charge in [-0.25, -0.2) is 12.8 Å². The number of anilines is 1. The third-order valence-corrected chi connectivity index (χ3v) is 4.39. The second-order valence-corrected chi connectivity index (χ2v) is 6.72. The topological polar surface area (TPSA) is 98.5 Å². The van der Waals surface area contributed by atoms with Gasteiger partial charge in [-0.1, -0.05) is 13.8 Å². The van der Waals surface area contributed by atoms with Crippen LogP contribution in [-0.4, -0.2) is 27.5 Å². The molecular weight excluding hydrogens is 299 g/mol. The van der Waals surface area contributed by atoms with Gasteiger partial charge in [-0.15, -0.1) is 0 Å². The molecule has 3 N–H and O–H groups in total. The molecule has 21 heavy (non-hydrogen) atoms. The molecule has 0 bridgehead atoms. The number of nitrogens with one attached hydrogen (secondary N) is 1. The number of esters is 1. The number of hydrogen-bond donors (Lipinski definition) is 2. The van der Waals surface area contributed by atoms with E-state index < -0.39 is 27.9 Å². The van der Waals surface area contributed by atoms with E-state index in [-0.39, 0.29) is 22.1 Å². The number of nitrogens with two attached hydrogens (primary N) is 1. The molecule has 0 amide bonds. The van der Waals surface area contributed by atoms with Crippen LogP contribution < -0.4 is 10.5 Å². The van der Waals surface area contributed by atoms with Gasteiger partial charge < -0.3 is 10.5 Å². The minimum atomic E-state index is -4.02. The summed E-state index contributed by atoms with van der Waals surface area (Å²) in [5, 5.41) is 0. The lowest BCUT2D eigenvalue weighted by atomic mass is 10.1. The summed E-state index contributed by atoms with van der Waals surface area (Å²) in [6.07, 6.45) is 0. The largest absolute Gasteiger partial charge is 0.468 e. The van der Waals surface area contributed by atoms with E-state index >= 15 is 0 Å². The number of carbonyl (C=O) groups is 1. The van der Waals surface area contributed by atoms with Crippen LogP contribution in [0.1, 0.15) is 19.4 Å².